The van der Waals surface area contributed by atoms with Crippen molar-refractivity contribution in [3.63, 3.8) is 0 Å². The fourth-order valence-corrected chi connectivity index (χ4v) is 2.84. The van der Waals surface area contributed by atoms with Gasteiger partial charge in [-0.2, -0.15) is 0 Å². The van der Waals surface area contributed by atoms with Crippen LogP contribution in [0.2, 0.25) is 0 Å². The summed E-state index contributed by atoms with van der Waals surface area (Å²) < 4.78 is 5.40. The van der Waals surface area contributed by atoms with Crippen LogP contribution in [0.3, 0.4) is 0 Å². The third kappa shape index (κ3) is 6.17. The van der Waals surface area contributed by atoms with Gasteiger partial charge >= 0.3 is 0 Å². The van der Waals surface area contributed by atoms with E-state index in [9.17, 15) is 0 Å². The van der Waals surface area contributed by atoms with Crippen LogP contribution in [0.25, 0.3) is 0 Å². The van der Waals surface area contributed by atoms with Crippen molar-refractivity contribution in [1.29, 1.82) is 0 Å². The minimum atomic E-state index is 0.783. The fraction of sp³-hybridized carbons (Fsp3) is 1.00. The van der Waals surface area contributed by atoms with Crippen molar-refractivity contribution in [2.75, 3.05) is 39.9 Å². The van der Waals surface area contributed by atoms with Crippen molar-refractivity contribution in [3.05, 3.63) is 0 Å². The summed E-state index contributed by atoms with van der Waals surface area (Å²) in [5.41, 5.74) is 0. The molecule has 1 N–H and O–H groups in total. The first-order valence-electron chi connectivity index (χ1n) is 7.77. The van der Waals surface area contributed by atoms with Gasteiger partial charge in [0.25, 0.3) is 0 Å². The van der Waals surface area contributed by atoms with Gasteiger partial charge in [-0.1, -0.05) is 13.3 Å². The quantitative estimate of drug-likeness (QED) is 0.608. The van der Waals surface area contributed by atoms with Gasteiger partial charge < -0.3 is 15.0 Å². The molecule has 2 atom stereocenters. The largest absolute Gasteiger partial charge is 0.380 e. The van der Waals surface area contributed by atoms with Crippen molar-refractivity contribution < 1.29 is 4.74 Å². The van der Waals surface area contributed by atoms with Crippen LogP contribution in [0.15, 0.2) is 0 Å². The lowest BCUT2D eigenvalue weighted by Crippen LogP contribution is -2.35. The van der Waals surface area contributed by atoms with Crippen LogP contribution < -0.4 is 5.32 Å². The Hall–Kier alpha value is -0.120. The second-order valence-corrected chi connectivity index (χ2v) is 5.54. The molecule has 3 heteroatoms. The average molecular weight is 256 g/mol. The Bertz CT molecular complexity index is 199. The van der Waals surface area contributed by atoms with E-state index in [4.69, 9.17) is 4.74 Å². The molecular formula is C15H32N2O. The summed E-state index contributed by atoms with van der Waals surface area (Å²) in [4.78, 5) is 2.41. The van der Waals surface area contributed by atoms with Gasteiger partial charge in [0.15, 0.2) is 0 Å². The highest BCUT2D eigenvalue weighted by molar-refractivity contribution is 4.83. The standard InChI is InChI=1S/C15H32N2O/c1-4-10-16-15-8-6-7-14(15)9-11-17(3)12-13-18-5-2/h14-16H,4-13H2,1-3H3. The van der Waals surface area contributed by atoms with Gasteiger partial charge in [-0.15, -0.1) is 0 Å². The molecule has 3 nitrogen and oxygen atoms in total. The van der Waals surface area contributed by atoms with E-state index >= 15 is 0 Å². The average Bonchev–Trinajstić information content (AvgIpc) is 2.81. The SMILES string of the molecule is CCCNC1CCCC1CCN(C)CCOCC. The number of hydrogen-bond acceptors (Lipinski definition) is 3. The highest BCUT2D eigenvalue weighted by Gasteiger charge is 2.26. The second kappa shape index (κ2) is 9.76. The van der Waals surface area contributed by atoms with E-state index in [1.54, 1.807) is 0 Å². The zero-order valence-electron chi connectivity index (χ0n) is 12.6. The van der Waals surface area contributed by atoms with Crippen LogP contribution in [-0.4, -0.2) is 50.8 Å². The van der Waals surface area contributed by atoms with E-state index < -0.39 is 0 Å². The molecule has 18 heavy (non-hydrogen) atoms. The van der Waals surface area contributed by atoms with Crippen LogP contribution in [0, 0.1) is 5.92 Å². The highest BCUT2D eigenvalue weighted by Crippen LogP contribution is 2.28. The number of nitrogens with zero attached hydrogens (tertiary/aromatic N) is 1. The lowest BCUT2D eigenvalue weighted by atomic mass is 9.99. The summed E-state index contributed by atoms with van der Waals surface area (Å²) in [5.74, 6) is 0.895. The molecule has 0 aromatic carbocycles. The maximum Gasteiger partial charge on any atom is 0.0593 e. The lowest BCUT2D eigenvalue weighted by Gasteiger charge is -2.24. The molecule has 1 aliphatic carbocycles. The van der Waals surface area contributed by atoms with E-state index in [0.717, 1.165) is 31.7 Å². The molecule has 0 aromatic heterocycles. The van der Waals surface area contributed by atoms with Gasteiger partial charge in [0.2, 0.25) is 0 Å². The monoisotopic (exact) mass is 256 g/mol. The first kappa shape index (κ1) is 15.9. The van der Waals surface area contributed by atoms with E-state index in [1.165, 1.54) is 45.2 Å². The van der Waals surface area contributed by atoms with Crippen molar-refractivity contribution in [2.45, 2.75) is 52.0 Å². The first-order chi connectivity index (χ1) is 8.77. The molecule has 0 saturated heterocycles. The van der Waals surface area contributed by atoms with Gasteiger partial charge in [-0.25, -0.2) is 0 Å². The molecule has 108 valence electrons. The molecule has 0 heterocycles. The minimum absolute atomic E-state index is 0.783. The lowest BCUT2D eigenvalue weighted by molar-refractivity contribution is 0.119. The number of rotatable bonds is 10. The summed E-state index contributed by atoms with van der Waals surface area (Å²) in [7, 11) is 2.21. The van der Waals surface area contributed by atoms with Gasteiger partial charge in [0.05, 0.1) is 6.61 Å². The number of likely N-dealkylation sites (N-methyl/N-ethyl adjacent to an activating group) is 1. The molecule has 0 spiro atoms. The smallest absolute Gasteiger partial charge is 0.0593 e. The third-order valence-electron chi connectivity index (χ3n) is 4.02. The molecular weight excluding hydrogens is 224 g/mol. The van der Waals surface area contributed by atoms with E-state index in [0.29, 0.717) is 0 Å². The number of nitrogens with one attached hydrogen (secondary N) is 1. The van der Waals surface area contributed by atoms with Gasteiger partial charge in [0.1, 0.15) is 0 Å². The van der Waals surface area contributed by atoms with Crippen LogP contribution >= 0.6 is 0 Å². The zero-order valence-corrected chi connectivity index (χ0v) is 12.6. The van der Waals surface area contributed by atoms with Crippen molar-refractivity contribution in [1.82, 2.24) is 10.2 Å². The molecule has 1 rings (SSSR count). The Morgan fingerprint density at radius 2 is 2.06 bits per heavy atom. The van der Waals surface area contributed by atoms with Crippen LogP contribution in [0.4, 0.5) is 0 Å². The molecule has 1 fully saturated rings. The van der Waals surface area contributed by atoms with Crippen molar-refractivity contribution >= 4 is 0 Å². The topological polar surface area (TPSA) is 24.5 Å². The molecule has 0 aromatic rings. The molecule has 0 amide bonds. The maximum atomic E-state index is 5.40. The zero-order chi connectivity index (χ0) is 13.2. The van der Waals surface area contributed by atoms with Gasteiger partial charge in [0, 0.05) is 19.2 Å². The number of ether oxygens (including phenoxy) is 1. The predicted octanol–water partition coefficient (Wildman–Crippen LogP) is 2.51. The summed E-state index contributed by atoms with van der Waals surface area (Å²) in [5, 5.41) is 3.71. The highest BCUT2D eigenvalue weighted by atomic mass is 16.5. The van der Waals surface area contributed by atoms with Crippen LogP contribution in [0.1, 0.15) is 46.0 Å². The summed E-state index contributed by atoms with van der Waals surface area (Å²) in [6, 6.07) is 0.783. The Morgan fingerprint density at radius 3 is 2.78 bits per heavy atom. The molecule has 1 aliphatic rings. The molecule has 0 aliphatic heterocycles. The van der Waals surface area contributed by atoms with Crippen LogP contribution in [0.5, 0.6) is 0 Å². The Morgan fingerprint density at radius 1 is 1.22 bits per heavy atom. The Balaban J connectivity index is 2.12. The summed E-state index contributed by atoms with van der Waals surface area (Å²) in [6.45, 7) is 9.46. The fourth-order valence-electron chi connectivity index (χ4n) is 2.84. The first-order valence-corrected chi connectivity index (χ1v) is 7.77. The van der Waals surface area contributed by atoms with Gasteiger partial charge in [-0.05, 0) is 58.7 Å². The predicted molar refractivity (Wildman–Crippen MR) is 78.0 cm³/mol. The molecule has 2 unspecified atom stereocenters. The molecule has 0 radical (unpaired) electrons. The van der Waals surface area contributed by atoms with Crippen molar-refractivity contribution in [2.24, 2.45) is 5.92 Å². The molecule has 1 saturated carbocycles. The Labute approximate surface area is 113 Å². The second-order valence-electron chi connectivity index (χ2n) is 5.54. The van der Waals surface area contributed by atoms with Crippen LogP contribution in [-0.2, 0) is 4.74 Å². The van der Waals surface area contributed by atoms with E-state index in [1.807, 2.05) is 0 Å². The molecule has 0 bridgehead atoms. The number of hydrogen-bond donors (Lipinski definition) is 1. The Kier molecular flexibility index (Phi) is 8.64. The maximum absolute atomic E-state index is 5.40. The van der Waals surface area contributed by atoms with Crippen molar-refractivity contribution in [3.8, 4) is 0 Å². The minimum Gasteiger partial charge on any atom is -0.380 e. The normalized spacial score (nSPS) is 24.0. The third-order valence-corrected chi connectivity index (χ3v) is 4.02. The van der Waals surface area contributed by atoms with Gasteiger partial charge in [-0.3, -0.25) is 0 Å². The summed E-state index contributed by atoms with van der Waals surface area (Å²) in [6.07, 6.45) is 6.80. The van der Waals surface area contributed by atoms with E-state index in [-0.39, 0.29) is 0 Å². The van der Waals surface area contributed by atoms with E-state index in [2.05, 4.69) is 31.1 Å². The summed E-state index contributed by atoms with van der Waals surface area (Å²) >= 11 is 0.